The Kier molecular flexibility index (Phi) is 5.26. The van der Waals surface area contributed by atoms with Gasteiger partial charge in [0, 0.05) is 19.1 Å². The molecule has 1 saturated carbocycles. The molecule has 2 nitrogen and oxygen atoms in total. The predicted octanol–water partition coefficient (Wildman–Crippen LogP) is 2.74. The molecule has 0 aliphatic heterocycles. The first-order chi connectivity index (χ1) is 7.43. The van der Waals surface area contributed by atoms with Crippen molar-refractivity contribution in [2.24, 2.45) is 11.3 Å². The van der Waals surface area contributed by atoms with Crippen LogP contribution >= 0.6 is 0 Å². The molecule has 0 unspecified atom stereocenters. The molecular weight excluding hydrogens is 196 g/mol. The van der Waals surface area contributed by atoms with Gasteiger partial charge in [-0.15, -0.1) is 0 Å². The van der Waals surface area contributed by atoms with Gasteiger partial charge >= 0.3 is 0 Å². The standard InChI is InChI=1S/C14H30N2/c1-12(2)15-10-14(11-16(4)5)8-6-13(3)7-9-14/h12-13,15H,6-11H2,1-5H3. The third kappa shape index (κ3) is 4.42. The zero-order chi connectivity index (χ0) is 12.2. The highest BCUT2D eigenvalue weighted by atomic mass is 15.1. The van der Waals surface area contributed by atoms with Gasteiger partial charge in [0.15, 0.2) is 0 Å². The molecule has 0 radical (unpaired) electrons. The highest BCUT2D eigenvalue weighted by molar-refractivity contribution is 4.88. The van der Waals surface area contributed by atoms with Gasteiger partial charge < -0.3 is 10.2 Å². The fourth-order valence-corrected chi connectivity index (χ4v) is 2.86. The summed E-state index contributed by atoms with van der Waals surface area (Å²) in [7, 11) is 4.41. The van der Waals surface area contributed by atoms with Crippen LogP contribution in [-0.2, 0) is 0 Å². The summed E-state index contributed by atoms with van der Waals surface area (Å²) in [6, 6.07) is 0.610. The fraction of sp³-hybridized carbons (Fsp3) is 1.00. The van der Waals surface area contributed by atoms with E-state index < -0.39 is 0 Å². The smallest absolute Gasteiger partial charge is 0.00440 e. The van der Waals surface area contributed by atoms with Crippen LogP contribution in [0.4, 0.5) is 0 Å². The maximum absolute atomic E-state index is 3.65. The fourth-order valence-electron chi connectivity index (χ4n) is 2.86. The molecule has 0 spiro atoms. The molecule has 0 aromatic rings. The molecule has 0 saturated heterocycles. The lowest BCUT2D eigenvalue weighted by molar-refractivity contribution is 0.107. The molecular formula is C14H30N2. The summed E-state index contributed by atoms with van der Waals surface area (Å²) in [4.78, 5) is 2.36. The monoisotopic (exact) mass is 226 g/mol. The normalized spacial score (nSPS) is 31.3. The van der Waals surface area contributed by atoms with E-state index in [1.807, 2.05) is 0 Å². The number of hydrogen-bond donors (Lipinski definition) is 1. The van der Waals surface area contributed by atoms with Crippen LogP contribution in [0.2, 0.25) is 0 Å². The lowest BCUT2D eigenvalue weighted by atomic mass is 9.70. The molecule has 0 amide bonds. The molecule has 2 heteroatoms. The Bertz CT molecular complexity index is 191. The molecule has 1 N–H and O–H groups in total. The van der Waals surface area contributed by atoms with Gasteiger partial charge in [0.25, 0.3) is 0 Å². The van der Waals surface area contributed by atoms with Crippen molar-refractivity contribution >= 4 is 0 Å². The zero-order valence-corrected chi connectivity index (χ0v) is 11.8. The average molecular weight is 226 g/mol. The number of hydrogen-bond acceptors (Lipinski definition) is 2. The van der Waals surface area contributed by atoms with Crippen LogP contribution in [0.3, 0.4) is 0 Å². The summed E-state index contributed by atoms with van der Waals surface area (Å²) in [5, 5.41) is 3.65. The third-order valence-corrected chi connectivity index (χ3v) is 3.87. The number of rotatable bonds is 5. The molecule has 1 rings (SSSR count). The van der Waals surface area contributed by atoms with E-state index in [9.17, 15) is 0 Å². The largest absolute Gasteiger partial charge is 0.314 e. The van der Waals surface area contributed by atoms with Crippen LogP contribution in [0.1, 0.15) is 46.5 Å². The summed E-state index contributed by atoms with van der Waals surface area (Å²) < 4.78 is 0. The molecule has 0 atom stereocenters. The van der Waals surface area contributed by atoms with Gasteiger partial charge in [-0.2, -0.15) is 0 Å². The van der Waals surface area contributed by atoms with Gasteiger partial charge in [-0.3, -0.25) is 0 Å². The lowest BCUT2D eigenvalue weighted by Gasteiger charge is -2.42. The first kappa shape index (κ1) is 14.0. The van der Waals surface area contributed by atoms with E-state index in [2.05, 4.69) is 45.1 Å². The highest BCUT2D eigenvalue weighted by Crippen LogP contribution is 2.38. The molecule has 0 aromatic carbocycles. The van der Waals surface area contributed by atoms with E-state index in [4.69, 9.17) is 0 Å². The zero-order valence-electron chi connectivity index (χ0n) is 11.8. The van der Waals surface area contributed by atoms with E-state index in [0.29, 0.717) is 11.5 Å². The highest BCUT2D eigenvalue weighted by Gasteiger charge is 2.34. The second kappa shape index (κ2) is 6.02. The second-order valence-corrected chi connectivity index (χ2v) is 6.46. The summed E-state index contributed by atoms with van der Waals surface area (Å²) >= 11 is 0. The first-order valence-corrected chi connectivity index (χ1v) is 6.82. The quantitative estimate of drug-likeness (QED) is 0.775. The van der Waals surface area contributed by atoms with Crippen molar-refractivity contribution in [2.75, 3.05) is 27.2 Å². The third-order valence-electron chi connectivity index (χ3n) is 3.87. The van der Waals surface area contributed by atoms with Gasteiger partial charge in [0.1, 0.15) is 0 Å². The van der Waals surface area contributed by atoms with E-state index in [0.717, 1.165) is 5.92 Å². The van der Waals surface area contributed by atoms with Crippen LogP contribution in [-0.4, -0.2) is 38.1 Å². The van der Waals surface area contributed by atoms with E-state index in [1.54, 1.807) is 0 Å². The van der Waals surface area contributed by atoms with Gasteiger partial charge in [0.2, 0.25) is 0 Å². The van der Waals surface area contributed by atoms with Gasteiger partial charge in [0.05, 0.1) is 0 Å². The maximum Gasteiger partial charge on any atom is 0.00440 e. The molecule has 1 aliphatic carbocycles. The van der Waals surface area contributed by atoms with Gasteiger partial charge in [-0.05, 0) is 38.3 Å². The van der Waals surface area contributed by atoms with E-state index in [1.165, 1.54) is 38.8 Å². The van der Waals surface area contributed by atoms with Crippen molar-refractivity contribution in [1.82, 2.24) is 10.2 Å². The molecule has 0 bridgehead atoms. The minimum atomic E-state index is 0.528. The van der Waals surface area contributed by atoms with Crippen molar-refractivity contribution in [2.45, 2.75) is 52.5 Å². The van der Waals surface area contributed by atoms with Crippen molar-refractivity contribution in [3.05, 3.63) is 0 Å². The summed E-state index contributed by atoms with van der Waals surface area (Å²) in [6.07, 6.45) is 5.61. The van der Waals surface area contributed by atoms with E-state index >= 15 is 0 Å². The Hall–Kier alpha value is -0.0800. The summed E-state index contributed by atoms with van der Waals surface area (Å²) in [6.45, 7) is 9.31. The SMILES string of the molecule is CC1CCC(CNC(C)C)(CN(C)C)CC1. The minimum Gasteiger partial charge on any atom is -0.314 e. The number of nitrogens with one attached hydrogen (secondary N) is 1. The Morgan fingerprint density at radius 1 is 1.25 bits per heavy atom. The van der Waals surface area contributed by atoms with Crippen LogP contribution in [0, 0.1) is 11.3 Å². The van der Waals surface area contributed by atoms with E-state index in [-0.39, 0.29) is 0 Å². The van der Waals surface area contributed by atoms with Crippen molar-refractivity contribution in [3.63, 3.8) is 0 Å². The Labute approximate surface area is 102 Å². The molecule has 96 valence electrons. The van der Waals surface area contributed by atoms with Crippen molar-refractivity contribution in [3.8, 4) is 0 Å². The molecule has 1 fully saturated rings. The minimum absolute atomic E-state index is 0.528. The topological polar surface area (TPSA) is 15.3 Å². The van der Waals surface area contributed by atoms with Crippen LogP contribution < -0.4 is 5.32 Å². The van der Waals surface area contributed by atoms with Gasteiger partial charge in [-0.1, -0.05) is 33.6 Å². The second-order valence-electron chi connectivity index (χ2n) is 6.46. The lowest BCUT2D eigenvalue weighted by Crippen LogP contribution is -2.45. The Balaban J connectivity index is 2.54. The van der Waals surface area contributed by atoms with Crippen LogP contribution in [0.25, 0.3) is 0 Å². The predicted molar refractivity (Wildman–Crippen MR) is 71.8 cm³/mol. The van der Waals surface area contributed by atoms with Crippen LogP contribution in [0.5, 0.6) is 0 Å². The first-order valence-electron chi connectivity index (χ1n) is 6.82. The molecule has 1 aliphatic rings. The van der Waals surface area contributed by atoms with Crippen molar-refractivity contribution in [1.29, 1.82) is 0 Å². The van der Waals surface area contributed by atoms with Gasteiger partial charge in [-0.25, -0.2) is 0 Å². The number of nitrogens with zero attached hydrogens (tertiary/aromatic N) is 1. The molecule has 16 heavy (non-hydrogen) atoms. The van der Waals surface area contributed by atoms with Crippen LogP contribution in [0.15, 0.2) is 0 Å². The molecule has 0 heterocycles. The summed E-state index contributed by atoms with van der Waals surface area (Å²) in [5.74, 6) is 0.939. The summed E-state index contributed by atoms with van der Waals surface area (Å²) in [5.41, 5.74) is 0.528. The Morgan fingerprint density at radius 3 is 2.25 bits per heavy atom. The maximum atomic E-state index is 3.65. The average Bonchev–Trinajstić information content (AvgIpc) is 2.19. The van der Waals surface area contributed by atoms with Crippen molar-refractivity contribution < 1.29 is 0 Å². The molecule has 0 aromatic heterocycles. The Morgan fingerprint density at radius 2 is 1.81 bits per heavy atom.